The van der Waals surface area contributed by atoms with E-state index in [2.05, 4.69) is 52.5 Å². The van der Waals surface area contributed by atoms with E-state index in [-0.39, 0.29) is 11.9 Å². The Morgan fingerprint density at radius 1 is 1.15 bits per heavy atom. The first kappa shape index (κ1) is 17.5. The SMILES string of the molecule is CCc1cnc(C)nc1N[C@@H]1CC(=O)N(Cc2cccc3ccccc23)C1. The first-order chi connectivity index (χ1) is 13.1. The molecule has 1 aromatic heterocycles. The molecule has 138 valence electrons. The Hall–Kier alpha value is -2.95. The molecular weight excluding hydrogens is 336 g/mol. The first-order valence-corrected chi connectivity index (χ1v) is 9.47. The summed E-state index contributed by atoms with van der Waals surface area (Å²) in [6, 6.07) is 14.7. The number of rotatable bonds is 5. The Balaban J connectivity index is 1.50. The molecule has 1 saturated heterocycles. The lowest BCUT2D eigenvalue weighted by Crippen LogP contribution is -2.28. The standard InChI is InChI=1S/C22H24N4O/c1-3-16-12-23-15(2)24-22(16)25-19-11-21(27)26(14-19)13-18-9-6-8-17-7-4-5-10-20(17)18/h4-10,12,19H,3,11,13-14H2,1-2H3,(H,23,24,25)/t19-/m1/s1. The van der Waals surface area contributed by atoms with E-state index < -0.39 is 0 Å². The van der Waals surface area contributed by atoms with Crippen molar-refractivity contribution in [2.75, 3.05) is 11.9 Å². The van der Waals surface area contributed by atoms with Crippen LogP contribution in [-0.4, -0.2) is 33.4 Å². The number of carbonyl (C=O) groups is 1. The average molecular weight is 360 g/mol. The van der Waals surface area contributed by atoms with E-state index in [9.17, 15) is 4.79 Å². The third-order valence-corrected chi connectivity index (χ3v) is 5.16. The summed E-state index contributed by atoms with van der Waals surface area (Å²) in [5.41, 5.74) is 2.27. The maximum atomic E-state index is 12.6. The number of likely N-dealkylation sites (tertiary alicyclic amines) is 1. The predicted molar refractivity (Wildman–Crippen MR) is 108 cm³/mol. The molecule has 1 N–H and O–H groups in total. The summed E-state index contributed by atoms with van der Waals surface area (Å²) in [5, 5.41) is 5.89. The van der Waals surface area contributed by atoms with E-state index in [0.717, 1.165) is 23.6 Å². The monoisotopic (exact) mass is 360 g/mol. The maximum absolute atomic E-state index is 12.6. The van der Waals surface area contributed by atoms with Gasteiger partial charge in [0.25, 0.3) is 0 Å². The summed E-state index contributed by atoms with van der Waals surface area (Å²) in [7, 11) is 0. The summed E-state index contributed by atoms with van der Waals surface area (Å²) >= 11 is 0. The van der Waals surface area contributed by atoms with Gasteiger partial charge in [-0.05, 0) is 29.7 Å². The van der Waals surface area contributed by atoms with Crippen LogP contribution >= 0.6 is 0 Å². The second-order valence-corrected chi connectivity index (χ2v) is 7.10. The van der Waals surface area contributed by atoms with E-state index in [1.807, 2.05) is 30.2 Å². The first-order valence-electron chi connectivity index (χ1n) is 9.47. The van der Waals surface area contributed by atoms with Crippen molar-refractivity contribution in [3.63, 3.8) is 0 Å². The van der Waals surface area contributed by atoms with Gasteiger partial charge in [-0.2, -0.15) is 0 Å². The molecule has 2 aromatic carbocycles. The molecule has 4 rings (SSSR count). The van der Waals surface area contributed by atoms with E-state index >= 15 is 0 Å². The van der Waals surface area contributed by atoms with Gasteiger partial charge in [-0.1, -0.05) is 49.4 Å². The quantitative estimate of drug-likeness (QED) is 0.753. The van der Waals surface area contributed by atoms with Crippen LogP contribution < -0.4 is 5.32 Å². The van der Waals surface area contributed by atoms with Crippen molar-refractivity contribution in [1.29, 1.82) is 0 Å². The Morgan fingerprint density at radius 2 is 1.96 bits per heavy atom. The van der Waals surface area contributed by atoms with E-state index in [1.54, 1.807) is 0 Å². The fourth-order valence-electron chi connectivity index (χ4n) is 3.73. The van der Waals surface area contributed by atoms with Crippen LogP contribution in [0.1, 0.15) is 30.3 Å². The molecule has 0 radical (unpaired) electrons. The summed E-state index contributed by atoms with van der Waals surface area (Å²) in [6.45, 7) is 5.30. The highest BCUT2D eigenvalue weighted by Crippen LogP contribution is 2.24. The molecule has 0 unspecified atom stereocenters. The molecule has 1 fully saturated rings. The van der Waals surface area contributed by atoms with Gasteiger partial charge in [0.1, 0.15) is 11.6 Å². The third-order valence-electron chi connectivity index (χ3n) is 5.16. The fraction of sp³-hybridized carbons (Fsp3) is 0.318. The summed E-state index contributed by atoms with van der Waals surface area (Å²) < 4.78 is 0. The molecule has 1 aliphatic rings. The van der Waals surface area contributed by atoms with Gasteiger partial charge >= 0.3 is 0 Å². The number of hydrogen-bond donors (Lipinski definition) is 1. The number of nitrogens with one attached hydrogen (secondary N) is 1. The van der Waals surface area contributed by atoms with Crippen molar-refractivity contribution < 1.29 is 4.79 Å². The number of amides is 1. The number of benzene rings is 2. The number of fused-ring (bicyclic) bond motifs is 1. The van der Waals surface area contributed by atoms with Gasteiger partial charge in [0.15, 0.2) is 0 Å². The van der Waals surface area contributed by atoms with E-state index in [1.165, 1.54) is 16.3 Å². The molecule has 2 heterocycles. The van der Waals surface area contributed by atoms with Gasteiger partial charge in [0.2, 0.25) is 5.91 Å². The minimum absolute atomic E-state index is 0.0760. The van der Waals surface area contributed by atoms with Gasteiger partial charge in [0.05, 0.1) is 6.04 Å². The summed E-state index contributed by atoms with van der Waals surface area (Å²) in [5.74, 6) is 1.78. The molecule has 0 saturated carbocycles. The van der Waals surface area contributed by atoms with Crippen molar-refractivity contribution in [3.8, 4) is 0 Å². The lowest BCUT2D eigenvalue weighted by atomic mass is 10.0. The van der Waals surface area contributed by atoms with E-state index in [0.29, 0.717) is 19.5 Å². The number of aromatic nitrogens is 2. The Labute approximate surface area is 159 Å². The minimum atomic E-state index is 0.0760. The van der Waals surface area contributed by atoms with E-state index in [4.69, 9.17) is 0 Å². The van der Waals surface area contributed by atoms with Crippen LogP contribution in [0.4, 0.5) is 5.82 Å². The van der Waals surface area contributed by atoms with Crippen LogP contribution in [0.15, 0.2) is 48.7 Å². The van der Waals surface area contributed by atoms with Crippen molar-refractivity contribution in [2.24, 2.45) is 0 Å². The Morgan fingerprint density at radius 3 is 2.81 bits per heavy atom. The summed E-state index contributed by atoms with van der Waals surface area (Å²) in [6.07, 6.45) is 3.23. The molecule has 5 nitrogen and oxygen atoms in total. The van der Waals surface area contributed by atoms with Crippen molar-refractivity contribution in [3.05, 3.63) is 65.6 Å². The number of nitrogens with zero attached hydrogens (tertiary/aromatic N) is 3. The molecule has 0 aliphatic carbocycles. The van der Waals surface area contributed by atoms with Crippen LogP contribution in [0.2, 0.25) is 0 Å². The highest BCUT2D eigenvalue weighted by molar-refractivity contribution is 5.86. The molecule has 0 bridgehead atoms. The summed E-state index contributed by atoms with van der Waals surface area (Å²) in [4.78, 5) is 23.3. The Kier molecular flexibility index (Phi) is 4.75. The van der Waals surface area contributed by atoms with Crippen molar-refractivity contribution in [2.45, 2.75) is 39.3 Å². The second-order valence-electron chi connectivity index (χ2n) is 7.10. The van der Waals surface area contributed by atoms with Crippen LogP contribution in [0.3, 0.4) is 0 Å². The second kappa shape index (κ2) is 7.35. The molecule has 5 heteroatoms. The highest BCUT2D eigenvalue weighted by atomic mass is 16.2. The fourth-order valence-corrected chi connectivity index (χ4v) is 3.73. The molecule has 1 atom stereocenters. The van der Waals surface area contributed by atoms with Crippen LogP contribution in [0, 0.1) is 6.92 Å². The number of carbonyl (C=O) groups excluding carboxylic acids is 1. The smallest absolute Gasteiger partial charge is 0.225 e. The molecule has 1 amide bonds. The van der Waals surface area contributed by atoms with Crippen molar-refractivity contribution >= 4 is 22.5 Å². The zero-order chi connectivity index (χ0) is 18.8. The number of hydrogen-bond acceptors (Lipinski definition) is 4. The minimum Gasteiger partial charge on any atom is -0.365 e. The van der Waals surface area contributed by atoms with Crippen LogP contribution in [0.5, 0.6) is 0 Å². The molecule has 27 heavy (non-hydrogen) atoms. The topological polar surface area (TPSA) is 58.1 Å². The van der Waals surface area contributed by atoms with Crippen LogP contribution in [-0.2, 0) is 17.8 Å². The van der Waals surface area contributed by atoms with Crippen LogP contribution in [0.25, 0.3) is 10.8 Å². The maximum Gasteiger partial charge on any atom is 0.225 e. The Bertz CT molecular complexity index is 980. The predicted octanol–water partition coefficient (Wildman–Crippen LogP) is 3.71. The van der Waals surface area contributed by atoms with Crippen molar-refractivity contribution in [1.82, 2.24) is 14.9 Å². The third kappa shape index (κ3) is 3.63. The van der Waals surface area contributed by atoms with Gasteiger partial charge in [-0.3, -0.25) is 4.79 Å². The van der Waals surface area contributed by atoms with Gasteiger partial charge < -0.3 is 10.2 Å². The average Bonchev–Trinajstić information content (AvgIpc) is 3.01. The normalized spacial score (nSPS) is 16.9. The lowest BCUT2D eigenvalue weighted by molar-refractivity contribution is -0.128. The zero-order valence-corrected chi connectivity index (χ0v) is 15.8. The highest BCUT2D eigenvalue weighted by Gasteiger charge is 2.30. The molecule has 0 spiro atoms. The molecule has 3 aromatic rings. The lowest BCUT2D eigenvalue weighted by Gasteiger charge is -2.19. The van der Waals surface area contributed by atoms with Gasteiger partial charge in [-0.25, -0.2) is 9.97 Å². The largest absolute Gasteiger partial charge is 0.365 e. The zero-order valence-electron chi connectivity index (χ0n) is 15.8. The molecular formula is C22H24N4O. The van der Waals surface area contributed by atoms with Gasteiger partial charge in [-0.15, -0.1) is 0 Å². The molecule has 1 aliphatic heterocycles. The number of aryl methyl sites for hydroxylation is 2. The number of anilines is 1. The van der Waals surface area contributed by atoms with Gasteiger partial charge in [0, 0.05) is 31.3 Å².